The molecule has 3 aromatic rings. The van der Waals surface area contributed by atoms with E-state index in [-0.39, 0.29) is 46.4 Å². The summed E-state index contributed by atoms with van der Waals surface area (Å²) in [4.78, 5) is 44.4. The fraction of sp³-hybridized carbons (Fsp3) is 0.348. The van der Waals surface area contributed by atoms with Gasteiger partial charge in [0.1, 0.15) is 11.0 Å². The molecule has 1 N–H and O–H groups in total. The van der Waals surface area contributed by atoms with Gasteiger partial charge in [0.05, 0.1) is 16.6 Å². The van der Waals surface area contributed by atoms with Gasteiger partial charge in [-0.25, -0.2) is 9.37 Å². The molecule has 34 heavy (non-hydrogen) atoms. The maximum absolute atomic E-state index is 13.2. The van der Waals surface area contributed by atoms with Crippen LogP contribution in [0.1, 0.15) is 39.3 Å². The second-order valence-corrected chi connectivity index (χ2v) is 8.92. The zero-order valence-electron chi connectivity index (χ0n) is 18.5. The second kappa shape index (κ2) is 9.11. The quantitative estimate of drug-likeness (QED) is 0.333. The molecule has 4 rings (SSSR count). The Morgan fingerprint density at radius 3 is 2.47 bits per heavy atom. The maximum Gasteiger partial charge on any atom is 0.297 e. The second-order valence-electron chi connectivity index (χ2n) is 8.56. The molecule has 0 atom stereocenters. The number of fused-ring (bicyclic) bond motifs is 1. The molecule has 1 saturated heterocycles. The van der Waals surface area contributed by atoms with Crippen molar-refractivity contribution in [2.45, 2.75) is 24.9 Å². The highest BCUT2D eigenvalue weighted by molar-refractivity contribution is 6.44. The number of likely N-dealkylation sites (N-methyl/N-ethyl adjacent to an activating group) is 1. The van der Waals surface area contributed by atoms with E-state index in [9.17, 15) is 23.9 Å². The van der Waals surface area contributed by atoms with Crippen LogP contribution in [-0.4, -0.2) is 75.4 Å². The third-order valence-corrected chi connectivity index (χ3v) is 6.18. The van der Waals surface area contributed by atoms with Gasteiger partial charge in [-0.15, -0.1) is 0 Å². The number of rotatable bonds is 5. The molecule has 3 heterocycles. The van der Waals surface area contributed by atoms with Crippen molar-refractivity contribution in [3.05, 3.63) is 58.2 Å². The number of pyridine rings is 1. The average molecular weight is 489 g/mol. The first kappa shape index (κ1) is 23.8. The van der Waals surface area contributed by atoms with Crippen LogP contribution in [0.25, 0.3) is 11.0 Å². The van der Waals surface area contributed by atoms with Gasteiger partial charge in [-0.2, -0.15) is 0 Å². The predicted molar refractivity (Wildman–Crippen MR) is 120 cm³/mol. The lowest BCUT2D eigenvalue weighted by Crippen LogP contribution is -2.47. The van der Waals surface area contributed by atoms with E-state index >= 15 is 0 Å². The minimum atomic E-state index is -1.03. The number of piperidine rings is 1. The molecule has 9 nitrogen and oxygen atoms in total. The van der Waals surface area contributed by atoms with Crippen LogP contribution >= 0.6 is 11.6 Å². The molecule has 0 saturated carbocycles. The van der Waals surface area contributed by atoms with Gasteiger partial charge < -0.3 is 19.4 Å². The molecular weight excluding hydrogens is 467 g/mol. The van der Waals surface area contributed by atoms with Gasteiger partial charge in [0.2, 0.25) is 11.4 Å². The first-order valence-electron chi connectivity index (χ1n) is 10.6. The van der Waals surface area contributed by atoms with Crippen LogP contribution in [0, 0.1) is 5.82 Å². The van der Waals surface area contributed by atoms with Crippen LogP contribution in [0.5, 0.6) is 0 Å². The Morgan fingerprint density at radius 1 is 1.21 bits per heavy atom. The highest BCUT2D eigenvalue weighted by Crippen LogP contribution is 2.30. The molecule has 178 valence electrons. The van der Waals surface area contributed by atoms with Crippen molar-refractivity contribution >= 4 is 40.2 Å². The lowest BCUT2D eigenvalue weighted by Gasteiger charge is -2.38. The monoisotopic (exact) mass is 488 g/mol. The van der Waals surface area contributed by atoms with Crippen LogP contribution in [0.3, 0.4) is 0 Å². The van der Waals surface area contributed by atoms with Gasteiger partial charge in [-0.05, 0) is 36.6 Å². The zero-order chi connectivity index (χ0) is 24.6. The van der Waals surface area contributed by atoms with E-state index in [2.05, 4.69) is 10.1 Å². The number of carbonyl (C=O) groups is 3. The Labute approximate surface area is 199 Å². The Kier molecular flexibility index (Phi) is 6.37. The van der Waals surface area contributed by atoms with Crippen LogP contribution in [0.2, 0.25) is 5.15 Å². The molecule has 1 fully saturated rings. The van der Waals surface area contributed by atoms with E-state index in [0.29, 0.717) is 19.3 Å². The number of aromatic nitrogens is 2. The Bertz CT molecular complexity index is 1270. The lowest BCUT2D eigenvalue weighted by molar-refractivity contribution is -0.124. The molecule has 11 heteroatoms. The number of halogens is 2. The van der Waals surface area contributed by atoms with Crippen molar-refractivity contribution in [2.24, 2.45) is 0 Å². The van der Waals surface area contributed by atoms with Crippen molar-refractivity contribution in [3.8, 4) is 0 Å². The Hall–Kier alpha value is -3.37. The zero-order valence-corrected chi connectivity index (χ0v) is 19.3. The molecule has 0 aliphatic carbocycles. The highest BCUT2D eigenvalue weighted by Gasteiger charge is 2.35. The number of likely N-dealkylation sites (tertiary alicyclic amines) is 1. The number of carbonyl (C=O) groups excluding carboxylic acids is 3. The van der Waals surface area contributed by atoms with Gasteiger partial charge in [0.15, 0.2) is 0 Å². The van der Waals surface area contributed by atoms with Gasteiger partial charge >= 0.3 is 0 Å². The fourth-order valence-corrected chi connectivity index (χ4v) is 4.14. The number of Topliss-reactive ketones (excluding diaryl/α,β-unsaturated/α-hetero) is 1. The largest absolute Gasteiger partial charge is 0.389 e. The summed E-state index contributed by atoms with van der Waals surface area (Å²) in [6.45, 7) is 0.527. The average Bonchev–Trinajstić information content (AvgIpc) is 3.21. The van der Waals surface area contributed by atoms with Crippen molar-refractivity contribution in [1.82, 2.24) is 19.9 Å². The number of amides is 2. The number of hydrogen-bond donors (Lipinski definition) is 1. The lowest BCUT2D eigenvalue weighted by atomic mass is 9.85. The van der Waals surface area contributed by atoms with Crippen molar-refractivity contribution in [3.63, 3.8) is 0 Å². The maximum atomic E-state index is 13.2. The van der Waals surface area contributed by atoms with Crippen LogP contribution in [0.4, 0.5) is 4.39 Å². The molecule has 2 aromatic heterocycles. The van der Waals surface area contributed by atoms with Crippen LogP contribution in [-0.2, 0) is 11.2 Å². The summed E-state index contributed by atoms with van der Waals surface area (Å²) >= 11 is 6.21. The Balaban J connectivity index is 1.52. The third-order valence-electron chi connectivity index (χ3n) is 5.89. The van der Waals surface area contributed by atoms with Crippen LogP contribution in [0.15, 0.2) is 34.9 Å². The number of ketones is 1. The van der Waals surface area contributed by atoms with Crippen molar-refractivity contribution in [1.29, 1.82) is 0 Å². The van der Waals surface area contributed by atoms with E-state index in [1.165, 1.54) is 37.2 Å². The number of benzene rings is 1. The summed E-state index contributed by atoms with van der Waals surface area (Å²) in [5.74, 6) is -2.82. The van der Waals surface area contributed by atoms with Crippen LogP contribution < -0.4 is 0 Å². The summed E-state index contributed by atoms with van der Waals surface area (Å²) in [6.07, 6.45) is 0.977. The van der Waals surface area contributed by atoms with E-state index in [1.54, 1.807) is 12.1 Å². The minimum absolute atomic E-state index is 0.00349. The number of hydrogen-bond acceptors (Lipinski definition) is 7. The van der Waals surface area contributed by atoms with E-state index in [1.807, 2.05) is 0 Å². The predicted octanol–water partition coefficient (Wildman–Crippen LogP) is 2.50. The van der Waals surface area contributed by atoms with E-state index < -0.39 is 23.2 Å². The number of aliphatic hydroxyl groups is 1. The summed E-state index contributed by atoms with van der Waals surface area (Å²) < 4.78 is 18.2. The highest BCUT2D eigenvalue weighted by atomic mass is 35.5. The van der Waals surface area contributed by atoms with Gasteiger partial charge in [0, 0.05) is 33.6 Å². The molecule has 0 bridgehead atoms. The van der Waals surface area contributed by atoms with Gasteiger partial charge in [0.25, 0.3) is 17.6 Å². The van der Waals surface area contributed by atoms with Crippen molar-refractivity contribution < 1.29 is 28.4 Å². The van der Waals surface area contributed by atoms with E-state index in [0.717, 1.165) is 10.5 Å². The van der Waals surface area contributed by atoms with Gasteiger partial charge in [-0.3, -0.25) is 14.4 Å². The summed E-state index contributed by atoms with van der Waals surface area (Å²) in [7, 11) is 2.85. The van der Waals surface area contributed by atoms with Crippen molar-refractivity contribution in [2.75, 3.05) is 27.2 Å². The topological polar surface area (TPSA) is 117 Å². The minimum Gasteiger partial charge on any atom is -0.389 e. The summed E-state index contributed by atoms with van der Waals surface area (Å²) in [6, 6.07) is 7.30. The first-order valence-corrected chi connectivity index (χ1v) is 10.9. The SMILES string of the molecule is CN(C)C(=O)C(=O)c1onc2nc(Cl)c(C(=O)N3CCC(O)(Cc4ccc(F)cc4)CC3)cc12. The summed E-state index contributed by atoms with van der Waals surface area (Å²) in [5, 5.41) is 14.6. The molecule has 0 spiro atoms. The molecule has 1 aromatic carbocycles. The first-order chi connectivity index (χ1) is 16.1. The standard InChI is InChI=1S/C23H22ClFN4O5/c1-28(2)22(32)17(30)18-15-11-16(19(24)26-20(15)27-34-18)21(31)29-9-7-23(33,8-10-29)12-13-3-5-14(25)6-4-13/h3-6,11,33H,7-10,12H2,1-2H3. The smallest absolute Gasteiger partial charge is 0.297 e. The molecule has 0 unspecified atom stereocenters. The van der Waals surface area contributed by atoms with Gasteiger partial charge in [-0.1, -0.05) is 28.9 Å². The number of nitrogens with zero attached hydrogens (tertiary/aromatic N) is 4. The Morgan fingerprint density at radius 2 is 1.85 bits per heavy atom. The molecule has 0 radical (unpaired) electrons. The fourth-order valence-electron chi connectivity index (χ4n) is 3.93. The third kappa shape index (κ3) is 4.64. The normalized spacial score (nSPS) is 15.4. The molecule has 2 amide bonds. The molecule has 1 aliphatic rings. The molecular formula is C23H22ClFN4O5. The van der Waals surface area contributed by atoms with E-state index in [4.69, 9.17) is 16.1 Å². The summed E-state index contributed by atoms with van der Waals surface area (Å²) in [5.41, 5.74) is -0.184. The molecule has 1 aliphatic heterocycles.